The fourth-order valence-corrected chi connectivity index (χ4v) is 4.78. The molecule has 1 heterocycles. The molecule has 1 saturated carbocycles. The number of methoxy groups -OCH3 is 1. The Kier molecular flexibility index (Phi) is 3.99. The lowest BCUT2D eigenvalue weighted by molar-refractivity contribution is -0.127. The molecular formula is C20H27NO2. The van der Waals surface area contributed by atoms with Crippen molar-refractivity contribution in [3.05, 3.63) is 35.9 Å². The Morgan fingerprint density at radius 3 is 2.74 bits per heavy atom. The lowest BCUT2D eigenvalue weighted by Crippen LogP contribution is -2.36. The normalized spacial score (nSPS) is 29.0. The molecule has 2 atom stereocenters. The van der Waals surface area contributed by atoms with E-state index >= 15 is 0 Å². The van der Waals surface area contributed by atoms with Crippen LogP contribution in [0.15, 0.2) is 30.3 Å². The summed E-state index contributed by atoms with van der Waals surface area (Å²) in [6.07, 6.45) is 7.03. The van der Waals surface area contributed by atoms with E-state index in [0.29, 0.717) is 11.5 Å². The summed E-state index contributed by atoms with van der Waals surface area (Å²) >= 11 is 0. The lowest BCUT2D eigenvalue weighted by atomic mass is 9.65. The Morgan fingerprint density at radius 1 is 1.26 bits per heavy atom. The number of carbonyl (C=O) groups is 1. The molecule has 1 aromatic carbocycles. The van der Waals surface area contributed by atoms with Gasteiger partial charge in [-0.05, 0) is 42.2 Å². The van der Waals surface area contributed by atoms with Gasteiger partial charge in [-0.25, -0.2) is 0 Å². The van der Waals surface area contributed by atoms with Gasteiger partial charge in [-0.3, -0.25) is 4.79 Å². The largest absolute Gasteiger partial charge is 0.496 e. The predicted molar refractivity (Wildman–Crippen MR) is 93.3 cm³/mol. The molecule has 23 heavy (non-hydrogen) atoms. The number of fused-ring (bicyclic) bond motifs is 2. The highest BCUT2D eigenvalue weighted by Crippen LogP contribution is 2.52. The average molecular weight is 313 g/mol. The Hall–Kier alpha value is -1.77. The van der Waals surface area contributed by atoms with E-state index in [0.717, 1.165) is 30.7 Å². The number of likely N-dealkylation sites (tertiary alicyclic amines) is 1. The summed E-state index contributed by atoms with van der Waals surface area (Å²) in [6, 6.07) is 8.16. The van der Waals surface area contributed by atoms with Crippen LogP contribution >= 0.6 is 0 Å². The van der Waals surface area contributed by atoms with Gasteiger partial charge in [-0.15, -0.1) is 0 Å². The summed E-state index contributed by atoms with van der Waals surface area (Å²) in [5.74, 6) is 0.923. The second-order valence-corrected chi connectivity index (χ2v) is 8.26. The lowest BCUT2D eigenvalue weighted by Gasteiger charge is -2.39. The quantitative estimate of drug-likeness (QED) is 0.785. The van der Waals surface area contributed by atoms with Gasteiger partial charge in [-0.2, -0.15) is 0 Å². The van der Waals surface area contributed by atoms with Crippen LogP contribution in [0.25, 0.3) is 6.08 Å². The highest BCUT2D eigenvalue weighted by atomic mass is 16.5. The molecule has 2 aliphatic rings. The van der Waals surface area contributed by atoms with Crippen molar-refractivity contribution in [2.45, 2.75) is 46.1 Å². The first-order valence-electron chi connectivity index (χ1n) is 8.44. The van der Waals surface area contributed by atoms with Gasteiger partial charge < -0.3 is 9.64 Å². The Morgan fingerprint density at radius 2 is 2.00 bits per heavy atom. The zero-order valence-electron chi connectivity index (χ0n) is 14.6. The number of amides is 1. The van der Waals surface area contributed by atoms with Crippen LogP contribution in [-0.4, -0.2) is 30.5 Å². The molecule has 124 valence electrons. The number of ether oxygens (including phenoxy) is 1. The standard InChI is InChI=1S/C20H27NO2/c1-19(2)11-16-12-20(3,13-19)14-21(16)18(22)10-9-15-7-5-6-8-17(15)23-4/h5-10,16H,11-14H2,1-4H3/b10-9+/t16-,20+/m0/s1. The highest BCUT2D eigenvalue weighted by molar-refractivity contribution is 5.92. The van der Waals surface area contributed by atoms with Gasteiger partial charge in [-0.1, -0.05) is 39.0 Å². The number of rotatable bonds is 3. The number of hydrogen-bond acceptors (Lipinski definition) is 2. The van der Waals surface area contributed by atoms with Gasteiger partial charge in [0.05, 0.1) is 7.11 Å². The van der Waals surface area contributed by atoms with E-state index in [1.54, 1.807) is 13.2 Å². The molecule has 0 N–H and O–H groups in total. The van der Waals surface area contributed by atoms with Crippen molar-refractivity contribution in [1.82, 2.24) is 4.90 Å². The maximum absolute atomic E-state index is 12.7. The third kappa shape index (κ3) is 3.29. The molecule has 2 fully saturated rings. The van der Waals surface area contributed by atoms with Gasteiger partial charge in [0, 0.05) is 24.2 Å². The zero-order chi connectivity index (χ0) is 16.7. The van der Waals surface area contributed by atoms with Crippen molar-refractivity contribution in [2.24, 2.45) is 10.8 Å². The topological polar surface area (TPSA) is 29.5 Å². The first-order valence-corrected chi connectivity index (χ1v) is 8.44. The van der Waals surface area contributed by atoms with Crippen LogP contribution in [0.5, 0.6) is 5.75 Å². The maximum Gasteiger partial charge on any atom is 0.246 e. The van der Waals surface area contributed by atoms with Crippen molar-refractivity contribution in [3.63, 3.8) is 0 Å². The summed E-state index contributed by atoms with van der Waals surface area (Å²) in [6.45, 7) is 7.88. The van der Waals surface area contributed by atoms with Crippen molar-refractivity contribution in [1.29, 1.82) is 0 Å². The van der Waals surface area contributed by atoms with Crippen molar-refractivity contribution < 1.29 is 9.53 Å². The molecule has 3 heteroatoms. The molecule has 1 aliphatic carbocycles. The van der Waals surface area contributed by atoms with Gasteiger partial charge in [0.15, 0.2) is 0 Å². The first-order chi connectivity index (χ1) is 10.8. The molecule has 3 nitrogen and oxygen atoms in total. The second-order valence-electron chi connectivity index (χ2n) is 8.26. The fourth-order valence-electron chi connectivity index (χ4n) is 4.78. The molecule has 1 amide bonds. The van der Waals surface area contributed by atoms with E-state index in [-0.39, 0.29) is 11.3 Å². The fraction of sp³-hybridized carbons (Fsp3) is 0.550. The summed E-state index contributed by atoms with van der Waals surface area (Å²) in [5.41, 5.74) is 1.55. The van der Waals surface area contributed by atoms with Crippen LogP contribution in [0.2, 0.25) is 0 Å². The summed E-state index contributed by atoms with van der Waals surface area (Å²) < 4.78 is 5.34. The van der Waals surface area contributed by atoms with Crippen molar-refractivity contribution in [3.8, 4) is 5.75 Å². The summed E-state index contributed by atoms with van der Waals surface area (Å²) in [7, 11) is 1.65. The number of benzene rings is 1. The van der Waals surface area contributed by atoms with Gasteiger partial charge in [0.1, 0.15) is 5.75 Å². The smallest absolute Gasteiger partial charge is 0.246 e. The molecule has 3 rings (SSSR count). The predicted octanol–water partition coefficient (Wildman–Crippen LogP) is 4.14. The van der Waals surface area contributed by atoms with E-state index in [9.17, 15) is 4.79 Å². The van der Waals surface area contributed by atoms with E-state index < -0.39 is 0 Å². The zero-order valence-corrected chi connectivity index (χ0v) is 14.6. The van der Waals surface area contributed by atoms with Crippen LogP contribution in [0, 0.1) is 10.8 Å². The summed E-state index contributed by atoms with van der Waals surface area (Å²) in [4.78, 5) is 14.8. The molecule has 2 bridgehead atoms. The van der Waals surface area contributed by atoms with Crippen LogP contribution in [0.3, 0.4) is 0 Å². The van der Waals surface area contributed by atoms with Crippen LogP contribution < -0.4 is 4.74 Å². The monoisotopic (exact) mass is 313 g/mol. The molecule has 0 radical (unpaired) electrons. The Labute approximate surface area is 139 Å². The van der Waals surface area contributed by atoms with Crippen LogP contribution in [-0.2, 0) is 4.79 Å². The van der Waals surface area contributed by atoms with Gasteiger partial charge in [0.2, 0.25) is 5.91 Å². The molecule has 0 unspecified atom stereocenters. The van der Waals surface area contributed by atoms with Gasteiger partial charge in [0.25, 0.3) is 0 Å². The molecule has 1 aliphatic heterocycles. The van der Waals surface area contributed by atoms with E-state index in [1.807, 2.05) is 30.3 Å². The van der Waals surface area contributed by atoms with Crippen molar-refractivity contribution >= 4 is 12.0 Å². The minimum Gasteiger partial charge on any atom is -0.496 e. The molecule has 0 aromatic heterocycles. The van der Waals surface area contributed by atoms with E-state index in [1.165, 1.54) is 6.42 Å². The third-order valence-electron chi connectivity index (χ3n) is 5.24. The number of carbonyl (C=O) groups excluding carboxylic acids is 1. The van der Waals surface area contributed by atoms with E-state index in [4.69, 9.17) is 4.74 Å². The molecule has 1 aromatic rings. The summed E-state index contributed by atoms with van der Waals surface area (Å²) in [5, 5.41) is 0. The van der Waals surface area contributed by atoms with Crippen LogP contribution in [0.1, 0.15) is 45.6 Å². The minimum atomic E-state index is 0.127. The van der Waals surface area contributed by atoms with E-state index in [2.05, 4.69) is 25.7 Å². The SMILES string of the molecule is COc1ccccc1/C=C/C(=O)N1C[C@]2(C)C[C@@H]1CC(C)(C)C2. The average Bonchev–Trinajstić information content (AvgIpc) is 2.74. The Bertz CT molecular complexity index is 634. The molecule has 0 spiro atoms. The third-order valence-corrected chi connectivity index (χ3v) is 5.24. The number of para-hydroxylation sites is 1. The van der Waals surface area contributed by atoms with Crippen LogP contribution in [0.4, 0.5) is 0 Å². The first kappa shape index (κ1) is 16.1. The molecular weight excluding hydrogens is 286 g/mol. The maximum atomic E-state index is 12.7. The number of hydrogen-bond donors (Lipinski definition) is 0. The van der Waals surface area contributed by atoms with Gasteiger partial charge >= 0.3 is 0 Å². The number of nitrogens with zero attached hydrogens (tertiary/aromatic N) is 1. The van der Waals surface area contributed by atoms with Crippen molar-refractivity contribution in [2.75, 3.05) is 13.7 Å². The minimum absolute atomic E-state index is 0.127. The Balaban J connectivity index is 1.76. The molecule has 1 saturated heterocycles. The highest BCUT2D eigenvalue weighted by Gasteiger charge is 2.50. The second kappa shape index (κ2) is 5.70.